The van der Waals surface area contributed by atoms with Crippen LogP contribution in [-0.2, 0) is 9.53 Å². The van der Waals surface area contributed by atoms with Crippen molar-refractivity contribution in [3.05, 3.63) is 0 Å². The molecule has 0 amide bonds. The van der Waals surface area contributed by atoms with Gasteiger partial charge >= 0.3 is 5.97 Å². The molecule has 0 radical (unpaired) electrons. The first-order valence-electron chi connectivity index (χ1n) is 5.72. The number of nitrogens with one attached hydrogen (secondary N) is 1. The van der Waals surface area contributed by atoms with Gasteiger partial charge in [0.25, 0.3) is 0 Å². The van der Waals surface area contributed by atoms with E-state index in [1.54, 1.807) is 0 Å². The SMILES string of the molecule is COC(=O)CCCN(C)C1CCCNC1. The molecular formula is C11H22N2O2. The Labute approximate surface area is 92.0 Å². The van der Waals surface area contributed by atoms with Crippen LogP contribution in [0.15, 0.2) is 0 Å². The van der Waals surface area contributed by atoms with Crippen LogP contribution < -0.4 is 5.32 Å². The molecule has 0 aromatic heterocycles. The van der Waals surface area contributed by atoms with Crippen LogP contribution in [0.2, 0.25) is 0 Å². The summed E-state index contributed by atoms with van der Waals surface area (Å²) >= 11 is 0. The second-order valence-corrected chi connectivity index (χ2v) is 4.16. The van der Waals surface area contributed by atoms with Gasteiger partial charge in [-0.1, -0.05) is 0 Å². The van der Waals surface area contributed by atoms with E-state index in [1.165, 1.54) is 20.0 Å². The lowest BCUT2D eigenvalue weighted by Gasteiger charge is -2.31. The minimum absolute atomic E-state index is 0.106. The molecule has 0 bridgehead atoms. The molecule has 88 valence electrons. The van der Waals surface area contributed by atoms with Gasteiger partial charge in [0.05, 0.1) is 7.11 Å². The van der Waals surface area contributed by atoms with E-state index in [9.17, 15) is 4.79 Å². The quantitative estimate of drug-likeness (QED) is 0.681. The molecule has 1 atom stereocenters. The number of nitrogens with zero attached hydrogens (tertiary/aromatic N) is 1. The highest BCUT2D eigenvalue weighted by Gasteiger charge is 2.17. The van der Waals surface area contributed by atoms with Crippen molar-refractivity contribution in [1.82, 2.24) is 10.2 Å². The average molecular weight is 214 g/mol. The highest BCUT2D eigenvalue weighted by Crippen LogP contribution is 2.09. The highest BCUT2D eigenvalue weighted by molar-refractivity contribution is 5.69. The van der Waals surface area contributed by atoms with E-state index in [1.807, 2.05) is 0 Å². The molecule has 0 saturated carbocycles. The first-order valence-corrected chi connectivity index (χ1v) is 5.72. The van der Waals surface area contributed by atoms with Crippen LogP contribution in [0.5, 0.6) is 0 Å². The Morgan fingerprint density at radius 1 is 1.60 bits per heavy atom. The fourth-order valence-corrected chi connectivity index (χ4v) is 1.97. The van der Waals surface area contributed by atoms with E-state index in [0.717, 1.165) is 26.1 Å². The van der Waals surface area contributed by atoms with Gasteiger partial charge < -0.3 is 15.0 Å². The van der Waals surface area contributed by atoms with Gasteiger partial charge in [0.15, 0.2) is 0 Å². The number of methoxy groups -OCH3 is 1. The molecule has 0 aromatic carbocycles. The topological polar surface area (TPSA) is 41.6 Å². The smallest absolute Gasteiger partial charge is 0.305 e. The monoisotopic (exact) mass is 214 g/mol. The van der Waals surface area contributed by atoms with E-state index >= 15 is 0 Å². The zero-order valence-corrected chi connectivity index (χ0v) is 9.79. The third-order valence-corrected chi connectivity index (χ3v) is 3.01. The summed E-state index contributed by atoms with van der Waals surface area (Å²) in [7, 11) is 3.58. The number of carbonyl (C=O) groups is 1. The second-order valence-electron chi connectivity index (χ2n) is 4.16. The van der Waals surface area contributed by atoms with Gasteiger partial charge in [-0.2, -0.15) is 0 Å². The summed E-state index contributed by atoms with van der Waals surface area (Å²) in [5.41, 5.74) is 0. The van der Waals surface area contributed by atoms with Crippen LogP contribution in [-0.4, -0.2) is 50.7 Å². The number of piperidine rings is 1. The standard InChI is InChI=1S/C11H22N2O2/c1-13(8-4-6-11(14)15-2)10-5-3-7-12-9-10/h10,12H,3-9H2,1-2H3. The van der Waals surface area contributed by atoms with Gasteiger partial charge in [0.1, 0.15) is 0 Å². The molecule has 1 saturated heterocycles. The Bertz CT molecular complexity index is 191. The fourth-order valence-electron chi connectivity index (χ4n) is 1.97. The maximum atomic E-state index is 10.9. The van der Waals surface area contributed by atoms with Crippen molar-refractivity contribution in [2.24, 2.45) is 0 Å². The summed E-state index contributed by atoms with van der Waals surface area (Å²) < 4.78 is 4.61. The van der Waals surface area contributed by atoms with E-state index in [0.29, 0.717) is 12.5 Å². The molecular weight excluding hydrogens is 192 g/mol. The molecule has 1 heterocycles. The Hall–Kier alpha value is -0.610. The van der Waals surface area contributed by atoms with Crippen molar-refractivity contribution < 1.29 is 9.53 Å². The summed E-state index contributed by atoms with van der Waals surface area (Å²) in [5.74, 6) is -0.106. The van der Waals surface area contributed by atoms with E-state index in [2.05, 4.69) is 22.0 Å². The molecule has 4 heteroatoms. The van der Waals surface area contributed by atoms with Gasteiger partial charge in [-0.15, -0.1) is 0 Å². The van der Waals surface area contributed by atoms with E-state index in [-0.39, 0.29) is 5.97 Å². The molecule has 1 aliphatic heterocycles. The summed E-state index contributed by atoms with van der Waals surface area (Å²) in [4.78, 5) is 13.3. The van der Waals surface area contributed by atoms with Crippen molar-refractivity contribution in [2.75, 3.05) is 33.8 Å². The molecule has 4 nitrogen and oxygen atoms in total. The third-order valence-electron chi connectivity index (χ3n) is 3.01. The van der Waals surface area contributed by atoms with E-state index < -0.39 is 0 Å². The lowest BCUT2D eigenvalue weighted by Crippen LogP contribution is -2.44. The van der Waals surface area contributed by atoms with Crippen molar-refractivity contribution in [1.29, 1.82) is 0 Å². The third kappa shape index (κ3) is 4.62. The molecule has 0 spiro atoms. The minimum atomic E-state index is -0.106. The number of ether oxygens (including phenoxy) is 1. The zero-order chi connectivity index (χ0) is 11.1. The molecule has 1 fully saturated rings. The van der Waals surface area contributed by atoms with Crippen LogP contribution >= 0.6 is 0 Å². The molecule has 15 heavy (non-hydrogen) atoms. The first-order chi connectivity index (χ1) is 7.24. The van der Waals surface area contributed by atoms with Crippen LogP contribution in [0.1, 0.15) is 25.7 Å². The number of rotatable bonds is 5. The second kappa shape index (κ2) is 6.80. The van der Waals surface area contributed by atoms with Gasteiger partial charge in [0.2, 0.25) is 0 Å². The molecule has 1 N–H and O–H groups in total. The van der Waals surface area contributed by atoms with Crippen LogP contribution in [0.4, 0.5) is 0 Å². The average Bonchev–Trinajstić information content (AvgIpc) is 2.29. The van der Waals surface area contributed by atoms with Gasteiger partial charge in [-0.05, 0) is 39.4 Å². The summed E-state index contributed by atoms with van der Waals surface area (Å²) in [6, 6.07) is 0.636. The van der Waals surface area contributed by atoms with Crippen LogP contribution in [0.25, 0.3) is 0 Å². The Kier molecular flexibility index (Phi) is 5.65. The predicted octanol–water partition coefficient (Wildman–Crippen LogP) is 0.623. The van der Waals surface area contributed by atoms with Crippen molar-refractivity contribution in [2.45, 2.75) is 31.7 Å². The Balaban J connectivity index is 2.11. The molecule has 1 aliphatic rings. The van der Waals surface area contributed by atoms with Crippen LogP contribution in [0, 0.1) is 0 Å². The van der Waals surface area contributed by atoms with Crippen LogP contribution in [0.3, 0.4) is 0 Å². The number of likely N-dealkylation sites (N-methyl/N-ethyl adjacent to an activating group) is 1. The summed E-state index contributed by atoms with van der Waals surface area (Å²) in [6.45, 7) is 3.20. The molecule has 1 rings (SSSR count). The molecule has 0 aromatic rings. The van der Waals surface area contributed by atoms with Gasteiger partial charge in [-0.3, -0.25) is 4.79 Å². The molecule has 0 aliphatic carbocycles. The Morgan fingerprint density at radius 3 is 3.00 bits per heavy atom. The largest absolute Gasteiger partial charge is 0.469 e. The van der Waals surface area contributed by atoms with Crippen molar-refractivity contribution in [3.8, 4) is 0 Å². The predicted molar refractivity (Wildman–Crippen MR) is 59.8 cm³/mol. The lowest BCUT2D eigenvalue weighted by atomic mass is 10.1. The number of hydrogen-bond donors (Lipinski definition) is 1. The van der Waals surface area contributed by atoms with Gasteiger partial charge in [-0.25, -0.2) is 0 Å². The lowest BCUT2D eigenvalue weighted by molar-refractivity contribution is -0.140. The van der Waals surface area contributed by atoms with Gasteiger partial charge in [0, 0.05) is 19.0 Å². The maximum absolute atomic E-state index is 10.9. The summed E-state index contributed by atoms with van der Waals surface area (Å²) in [5, 5.41) is 3.39. The number of esters is 1. The first kappa shape index (κ1) is 12.5. The molecule has 1 unspecified atom stereocenters. The maximum Gasteiger partial charge on any atom is 0.305 e. The zero-order valence-electron chi connectivity index (χ0n) is 9.79. The normalized spacial score (nSPS) is 21.7. The summed E-state index contributed by atoms with van der Waals surface area (Å²) in [6.07, 6.45) is 3.94. The van der Waals surface area contributed by atoms with Crippen molar-refractivity contribution in [3.63, 3.8) is 0 Å². The van der Waals surface area contributed by atoms with E-state index in [4.69, 9.17) is 0 Å². The number of hydrogen-bond acceptors (Lipinski definition) is 4. The number of carbonyl (C=O) groups excluding carboxylic acids is 1. The Morgan fingerprint density at radius 2 is 2.40 bits per heavy atom. The minimum Gasteiger partial charge on any atom is -0.469 e. The highest BCUT2D eigenvalue weighted by atomic mass is 16.5. The van der Waals surface area contributed by atoms with Crippen molar-refractivity contribution >= 4 is 5.97 Å². The fraction of sp³-hybridized carbons (Fsp3) is 0.909.